The van der Waals surface area contributed by atoms with Crippen LogP contribution in [0.25, 0.3) is 0 Å². The quantitative estimate of drug-likeness (QED) is 0.883. The highest BCUT2D eigenvalue weighted by Crippen LogP contribution is 2.31. The summed E-state index contributed by atoms with van der Waals surface area (Å²) in [5.41, 5.74) is 1.09. The summed E-state index contributed by atoms with van der Waals surface area (Å²) < 4.78 is 0. The Kier molecular flexibility index (Phi) is 4.30. The predicted molar refractivity (Wildman–Crippen MR) is 88.4 cm³/mol. The molecule has 0 aromatic heterocycles. The van der Waals surface area contributed by atoms with Gasteiger partial charge in [-0.15, -0.1) is 0 Å². The summed E-state index contributed by atoms with van der Waals surface area (Å²) in [6.07, 6.45) is 1.88. The molecule has 6 heteroatoms. The summed E-state index contributed by atoms with van der Waals surface area (Å²) in [5, 5.41) is 12.1. The van der Waals surface area contributed by atoms with E-state index in [4.69, 9.17) is 0 Å². The summed E-state index contributed by atoms with van der Waals surface area (Å²) in [5.74, 6) is -1.18. The molecule has 0 saturated carbocycles. The minimum atomic E-state index is -0.860. The molecular formula is C18H22N2O4. The Balaban J connectivity index is 1.56. The number of fused-ring (bicyclic) bond motifs is 1. The van der Waals surface area contributed by atoms with Gasteiger partial charge in [-0.25, -0.2) is 0 Å². The largest absolute Gasteiger partial charge is 0.481 e. The highest BCUT2D eigenvalue weighted by molar-refractivity contribution is 5.96. The lowest BCUT2D eigenvalue weighted by atomic mass is 9.89. The molecule has 0 aliphatic carbocycles. The maximum absolute atomic E-state index is 12.4. The van der Waals surface area contributed by atoms with Gasteiger partial charge in [0.25, 0.3) is 0 Å². The predicted octanol–water partition coefficient (Wildman–Crippen LogP) is 1.90. The lowest BCUT2D eigenvalue weighted by Gasteiger charge is -2.25. The van der Waals surface area contributed by atoms with Crippen LogP contribution < -0.4 is 5.32 Å². The van der Waals surface area contributed by atoms with Crippen molar-refractivity contribution >= 4 is 23.5 Å². The van der Waals surface area contributed by atoms with Crippen molar-refractivity contribution in [1.82, 2.24) is 4.90 Å². The second-order valence-electron chi connectivity index (χ2n) is 7.02. The average molecular weight is 330 g/mol. The normalized spacial score (nSPS) is 26.0. The van der Waals surface area contributed by atoms with Crippen molar-refractivity contribution in [2.24, 2.45) is 11.3 Å². The monoisotopic (exact) mass is 330 g/mol. The Morgan fingerprint density at radius 3 is 2.83 bits per heavy atom. The molecule has 2 aliphatic rings. The fourth-order valence-corrected chi connectivity index (χ4v) is 3.45. The Labute approximate surface area is 140 Å². The standard InChI is InChI=1S/C18H22N2O4/c1-18(17(23)24)8-9-20(11-18)15(21)7-6-13-10-12-4-2-3-5-14(12)19-16(13)22/h2-5,13H,6-11H2,1H3,(H,19,22)(H,23,24)/t13-,18+/m1/s1. The van der Waals surface area contributed by atoms with Gasteiger partial charge in [-0.05, 0) is 37.8 Å². The highest BCUT2D eigenvalue weighted by Gasteiger charge is 2.42. The molecule has 1 saturated heterocycles. The minimum absolute atomic E-state index is 0.0432. The molecule has 1 fully saturated rings. The van der Waals surface area contributed by atoms with Crippen LogP contribution in [0.1, 0.15) is 31.7 Å². The van der Waals surface area contributed by atoms with E-state index in [0.717, 1.165) is 11.3 Å². The third-order valence-corrected chi connectivity index (χ3v) is 5.16. The lowest BCUT2D eigenvalue weighted by molar-refractivity contribution is -0.147. The van der Waals surface area contributed by atoms with Crippen LogP contribution in [0.3, 0.4) is 0 Å². The number of carbonyl (C=O) groups excluding carboxylic acids is 2. The topological polar surface area (TPSA) is 86.7 Å². The maximum Gasteiger partial charge on any atom is 0.311 e. The Bertz CT molecular complexity index is 687. The van der Waals surface area contributed by atoms with E-state index in [1.807, 2.05) is 24.3 Å². The van der Waals surface area contributed by atoms with Crippen LogP contribution in [0.15, 0.2) is 24.3 Å². The number of para-hydroxylation sites is 1. The van der Waals surface area contributed by atoms with E-state index in [1.165, 1.54) is 0 Å². The zero-order chi connectivity index (χ0) is 17.3. The summed E-state index contributed by atoms with van der Waals surface area (Å²) in [6.45, 7) is 2.40. The molecule has 0 spiro atoms. The van der Waals surface area contributed by atoms with Gasteiger partial charge in [-0.2, -0.15) is 0 Å². The summed E-state index contributed by atoms with van der Waals surface area (Å²) >= 11 is 0. The minimum Gasteiger partial charge on any atom is -0.481 e. The number of anilines is 1. The lowest BCUT2D eigenvalue weighted by Crippen LogP contribution is -2.36. The van der Waals surface area contributed by atoms with Gasteiger partial charge in [0.2, 0.25) is 11.8 Å². The number of carbonyl (C=O) groups is 3. The van der Waals surface area contributed by atoms with Crippen LogP contribution in [0, 0.1) is 11.3 Å². The van der Waals surface area contributed by atoms with E-state index in [9.17, 15) is 19.5 Å². The van der Waals surface area contributed by atoms with E-state index in [2.05, 4.69) is 5.32 Å². The van der Waals surface area contributed by atoms with E-state index in [0.29, 0.717) is 25.8 Å². The number of carboxylic acids is 1. The Morgan fingerprint density at radius 2 is 2.12 bits per heavy atom. The molecular weight excluding hydrogens is 308 g/mol. The van der Waals surface area contributed by atoms with Crippen molar-refractivity contribution in [1.29, 1.82) is 0 Å². The Morgan fingerprint density at radius 1 is 1.38 bits per heavy atom. The number of rotatable bonds is 4. The first-order valence-electron chi connectivity index (χ1n) is 8.29. The van der Waals surface area contributed by atoms with Crippen molar-refractivity contribution in [3.63, 3.8) is 0 Å². The maximum atomic E-state index is 12.4. The summed E-state index contributed by atoms with van der Waals surface area (Å²) in [6, 6.07) is 7.69. The third-order valence-electron chi connectivity index (χ3n) is 5.16. The highest BCUT2D eigenvalue weighted by atomic mass is 16.4. The molecule has 2 N–H and O–H groups in total. The number of amides is 2. The number of hydrogen-bond donors (Lipinski definition) is 2. The molecule has 1 aromatic rings. The third kappa shape index (κ3) is 3.13. The number of carboxylic acid groups (broad SMARTS) is 1. The van der Waals surface area contributed by atoms with Crippen LogP contribution in [0.2, 0.25) is 0 Å². The fraction of sp³-hybridized carbons (Fsp3) is 0.500. The van der Waals surface area contributed by atoms with Gasteiger partial charge in [-0.3, -0.25) is 14.4 Å². The van der Waals surface area contributed by atoms with Crippen molar-refractivity contribution in [2.45, 2.75) is 32.6 Å². The van der Waals surface area contributed by atoms with Gasteiger partial charge in [0.1, 0.15) is 0 Å². The van der Waals surface area contributed by atoms with Crippen molar-refractivity contribution < 1.29 is 19.5 Å². The molecule has 2 amide bonds. The number of nitrogens with one attached hydrogen (secondary N) is 1. The number of aliphatic carboxylic acids is 1. The molecule has 2 atom stereocenters. The molecule has 2 heterocycles. The smallest absolute Gasteiger partial charge is 0.311 e. The van der Waals surface area contributed by atoms with Crippen LogP contribution in [0.4, 0.5) is 5.69 Å². The van der Waals surface area contributed by atoms with Crippen LogP contribution in [0.5, 0.6) is 0 Å². The Hall–Kier alpha value is -2.37. The molecule has 0 unspecified atom stereocenters. The van der Waals surface area contributed by atoms with Gasteiger partial charge >= 0.3 is 5.97 Å². The molecule has 0 bridgehead atoms. The van der Waals surface area contributed by atoms with Crippen molar-refractivity contribution in [3.05, 3.63) is 29.8 Å². The summed E-state index contributed by atoms with van der Waals surface area (Å²) in [7, 11) is 0. The number of nitrogens with zero attached hydrogens (tertiary/aromatic N) is 1. The second kappa shape index (κ2) is 6.26. The number of benzene rings is 1. The molecule has 128 valence electrons. The molecule has 6 nitrogen and oxygen atoms in total. The fourth-order valence-electron chi connectivity index (χ4n) is 3.45. The van der Waals surface area contributed by atoms with Crippen molar-refractivity contribution in [2.75, 3.05) is 18.4 Å². The van der Waals surface area contributed by atoms with Crippen LogP contribution in [-0.4, -0.2) is 40.9 Å². The molecule has 3 rings (SSSR count). The average Bonchev–Trinajstić information content (AvgIpc) is 2.96. The van der Waals surface area contributed by atoms with Crippen molar-refractivity contribution in [3.8, 4) is 0 Å². The molecule has 24 heavy (non-hydrogen) atoms. The van der Waals surface area contributed by atoms with E-state index >= 15 is 0 Å². The van der Waals surface area contributed by atoms with E-state index in [-0.39, 0.29) is 30.7 Å². The van der Waals surface area contributed by atoms with Crippen LogP contribution >= 0.6 is 0 Å². The van der Waals surface area contributed by atoms with Crippen LogP contribution in [-0.2, 0) is 20.8 Å². The van der Waals surface area contributed by atoms with Gasteiger partial charge < -0.3 is 15.3 Å². The summed E-state index contributed by atoms with van der Waals surface area (Å²) in [4.78, 5) is 37.4. The van der Waals surface area contributed by atoms with Gasteiger partial charge in [-0.1, -0.05) is 18.2 Å². The number of likely N-dealkylation sites (tertiary alicyclic amines) is 1. The van der Waals surface area contributed by atoms with E-state index in [1.54, 1.807) is 11.8 Å². The van der Waals surface area contributed by atoms with Gasteiger partial charge in [0.05, 0.1) is 5.41 Å². The van der Waals surface area contributed by atoms with Gasteiger partial charge in [0, 0.05) is 31.1 Å². The zero-order valence-corrected chi connectivity index (χ0v) is 13.7. The molecule has 1 aromatic carbocycles. The first-order chi connectivity index (χ1) is 11.4. The molecule has 0 radical (unpaired) electrons. The van der Waals surface area contributed by atoms with E-state index < -0.39 is 11.4 Å². The SMILES string of the molecule is C[C@]1(C(=O)O)CCN(C(=O)CC[C@@H]2Cc3ccccc3NC2=O)C1. The first-order valence-corrected chi connectivity index (χ1v) is 8.29. The first kappa shape index (κ1) is 16.5. The molecule has 2 aliphatic heterocycles. The second-order valence-corrected chi connectivity index (χ2v) is 7.02. The number of hydrogen-bond acceptors (Lipinski definition) is 3. The zero-order valence-electron chi connectivity index (χ0n) is 13.7. The van der Waals surface area contributed by atoms with Gasteiger partial charge in [0.15, 0.2) is 0 Å².